The minimum atomic E-state index is -0.375. The van der Waals surface area contributed by atoms with Gasteiger partial charge in [-0.2, -0.15) is 0 Å². The van der Waals surface area contributed by atoms with Crippen molar-refractivity contribution in [1.29, 1.82) is 0 Å². The van der Waals surface area contributed by atoms with Gasteiger partial charge in [-0.3, -0.25) is 4.79 Å². The first kappa shape index (κ1) is 25.9. The molecule has 0 radical (unpaired) electrons. The Labute approximate surface area is 217 Å². The third-order valence-electron chi connectivity index (χ3n) is 6.47. The average Bonchev–Trinajstić information content (AvgIpc) is 3.28. The molecule has 194 valence electrons. The number of carbonyl (C=O) groups excluding carboxylic acids is 1. The van der Waals surface area contributed by atoms with Crippen LogP contribution in [-0.2, 0) is 6.54 Å². The van der Waals surface area contributed by atoms with E-state index in [0.717, 1.165) is 28.2 Å². The fourth-order valence-corrected chi connectivity index (χ4v) is 4.34. The van der Waals surface area contributed by atoms with Crippen molar-refractivity contribution in [2.75, 3.05) is 27.9 Å². The molecule has 0 spiro atoms. The number of rotatable bonds is 10. The summed E-state index contributed by atoms with van der Waals surface area (Å²) in [6.45, 7) is 7.09. The summed E-state index contributed by atoms with van der Waals surface area (Å²) < 4.78 is 24.4. The monoisotopic (exact) mass is 503 g/mol. The maximum absolute atomic E-state index is 13.2. The summed E-state index contributed by atoms with van der Waals surface area (Å²) in [5, 5.41) is 3.06. The predicted molar refractivity (Wildman–Crippen MR) is 143 cm³/mol. The highest BCUT2D eigenvalue weighted by molar-refractivity contribution is 5.96. The van der Waals surface area contributed by atoms with Gasteiger partial charge in [0.2, 0.25) is 5.75 Å². The van der Waals surface area contributed by atoms with Gasteiger partial charge in [-0.15, -0.1) is 0 Å². The smallest absolute Gasteiger partial charge is 0.252 e. The number of nitrogens with zero attached hydrogens (tertiary/aromatic N) is 2. The molecule has 3 aromatic carbocycles. The number of carbonyl (C=O) groups is 1. The molecule has 0 fully saturated rings. The molecule has 0 aliphatic rings. The van der Waals surface area contributed by atoms with Crippen molar-refractivity contribution in [3.8, 4) is 23.0 Å². The Kier molecular flexibility index (Phi) is 7.86. The Morgan fingerprint density at radius 2 is 1.65 bits per heavy atom. The van der Waals surface area contributed by atoms with Crippen LogP contribution in [0.5, 0.6) is 23.0 Å². The minimum absolute atomic E-state index is 0.281. The molecule has 8 heteroatoms. The zero-order chi connectivity index (χ0) is 26.5. The van der Waals surface area contributed by atoms with Gasteiger partial charge < -0.3 is 28.8 Å². The van der Waals surface area contributed by atoms with Crippen molar-refractivity contribution < 1.29 is 23.7 Å². The fourth-order valence-electron chi connectivity index (χ4n) is 4.34. The van der Waals surface area contributed by atoms with E-state index in [2.05, 4.69) is 29.8 Å². The van der Waals surface area contributed by atoms with Crippen LogP contribution in [0, 0.1) is 13.8 Å². The first-order valence-electron chi connectivity index (χ1n) is 12.1. The molecule has 1 heterocycles. The number of hydrogen-bond donors (Lipinski definition) is 1. The summed E-state index contributed by atoms with van der Waals surface area (Å²) >= 11 is 0. The second kappa shape index (κ2) is 11.2. The molecule has 0 bridgehead atoms. The van der Waals surface area contributed by atoms with E-state index in [1.54, 1.807) is 12.1 Å². The number of imidazole rings is 1. The van der Waals surface area contributed by atoms with Crippen molar-refractivity contribution in [3.05, 3.63) is 77.1 Å². The van der Waals surface area contributed by atoms with E-state index in [4.69, 9.17) is 23.9 Å². The van der Waals surface area contributed by atoms with Crippen molar-refractivity contribution in [1.82, 2.24) is 14.9 Å². The van der Waals surface area contributed by atoms with E-state index in [0.29, 0.717) is 36.0 Å². The van der Waals surface area contributed by atoms with Crippen LogP contribution in [0.25, 0.3) is 11.0 Å². The van der Waals surface area contributed by atoms with Crippen molar-refractivity contribution in [2.45, 2.75) is 33.4 Å². The molecule has 1 unspecified atom stereocenters. The Bertz CT molecular complexity index is 1390. The molecule has 1 amide bonds. The third-order valence-corrected chi connectivity index (χ3v) is 6.47. The van der Waals surface area contributed by atoms with Crippen LogP contribution in [0.1, 0.15) is 40.3 Å². The molecular formula is C29H33N3O5. The van der Waals surface area contributed by atoms with Gasteiger partial charge in [0.1, 0.15) is 18.2 Å². The van der Waals surface area contributed by atoms with E-state index in [9.17, 15) is 4.79 Å². The van der Waals surface area contributed by atoms with Crippen LogP contribution in [0.4, 0.5) is 0 Å². The zero-order valence-corrected chi connectivity index (χ0v) is 22.1. The summed E-state index contributed by atoms with van der Waals surface area (Å²) in [6, 6.07) is 16.9. The molecular weight excluding hydrogens is 470 g/mol. The second-order valence-electron chi connectivity index (χ2n) is 8.77. The lowest BCUT2D eigenvalue weighted by Crippen LogP contribution is -2.29. The number of fused-ring (bicyclic) bond motifs is 1. The first-order chi connectivity index (χ1) is 17.9. The highest BCUT2D eigenvalue weighted by atomic mass is 16.5. The maximum atomic E-state index is 13.2. The normalized spacial score (nSPS) is 11.7. The van der Waals surface area contributed by atoms with E-state index < -0.39 is 0 Å². The summed E-state index contributed by atoms with van der Waals surface area (Å²) in [4.78, 5) is 18.1. The van der Waals surface area contributed by atoms with Gasteiger partial charge in [-0.05, 0) is 62.2 Å². The summed E-state index contributed by atoms with van der Waals surface area (Å²) in [5.41, 5.74) is 4.55. The molecule has 1 atom stereocenters. The topological polar surface area (TPSA) is 83.8 Å². The third kappa shape index (κ3) is 5.33. The van der Waals surface area contributed by atoms with Crippen molar-refractivity contribution in [2.24, 2.45) is 0 Å². The molecule has 0 saturated heterocycles. The summed E-state index contributed by atoms with van der Waals surface area (Å²) in [7, 11) is 4.56. The van der Waals surface area contributed by atoms with Crippen LogP contribution in [0.2, 0.25) is 0 Å². The number of benzene rings is 3. The second-order valence-corrected chi connectivity index (χ2v) is 8.77. The number of ether oxygens (including phenoxy) is 4. The molecule has 4 aromatic rings. The number of nitrogens with one attached hydrogen (secondary N) is 1. The van der Waals surface area contributed by atoms with E-state index in [-0.39, 0.29) is 11.9 Å². The molecule has 0 aliphatic heterocycles. The molecule has 0 saturated carbocycles. The molecule has 4 rings (SSSR count). The van der Waals surface area contributed by atoms with Gasteiger partial charge in [0.25, 0.3) is 5.91 Å². The van der Waals surface area contributed by atoms with Gasteiger partial charge in [0.15, 0.2) is 11.5 Å². The Morgan fingerprint density at radius 3 is 2.32 bits per heavy atom. The number of para-hydroxylation sites is 2. The van der Waals surface area contributed by atoms with E-state index in [1.807, 2.05) is 43.3 Å². The van der Waals surface area contributed by atoms with Crippen LogP contribution < -0.4 is 24.3 Å². The van der Waals surface area contributed by atoms with Crippen LogP contribution in [-0.4, -0.2) is 43.4 Å². The Morgan fingerprint density at radius 1 is 0.946 bits per heavy atom. The Balaban J connectivity index is 1.58. The minimum Gasteiger partial charge on any atom is -0.493 e. The van der Waals surface area contributed by atoms with Gasteiger partial charge in [0.05, 0.1) is 44.9 Å². The molecule has 37 heavy (non-hydrogen) atoms. The lowest BCUT2D eigenvalue weighted by molar-refractivity contribution is 0.0936. The van der Waals surface area contributed by atoms with Crippen LogP contribution in [0.3, 0.4) is 0 Å². The number of amides is 1. The molecule has 0 aliphatic carbocycles. The average molecular weight is 504 g/mol. The van der Waals surface area contributed by atoms with Gasteiger partial charge in [-0.25, -0.2) is 4.98 Å². The number of hydrogen-bond acceptors (Lipinski definition) is 6. The van der Waals surface area contributed by atoms with Crippen molar-refractivity contribution >= 4 is 16.9 Å². The highest BCUT2D eigenvalue weighted by Crippen LogP contribution is 2.38. The van der Waals surface area contributed by atoms with Gasteiger partial charge in [-0.1, -0.05) is 24.3 Å². The standard InChI is InChI=1S/C29H33N3O5/c1-18-10-9-13-24(19(18)2)37-15-14-32-23-12-8-7-11-22(23)31-28(32)20(3)30-29(33)21-16-25(34-4)27(36-6)26(17-21)35-5/h7-13,16-17,20H,14-15H2,1-6H3,(H,30,33). The van der Waals surface area contributed by atoms with E-state index >= 15 is 0 Å². The largest absolute Gasteiger partial charge is 0.493 e. The Hall–Kier alpha value is -4.20. The lowest BCUT2D eigenvalue weighted by atomic mass is 10.1. The predicted octanol–water partition coefficient (Wildman–Crippen LogP) is 5.25. The SMILES string of the molecule is COc1cc(C(=O)NC(C)c2nc3ccccc3n2CCOc2cccc(C)c2C)cc(OC)c1OC. The quantitative estimate of drug-likeness (QED) is 0.318. The van der Waals surface area contributed by atoms with Gasteiger partial charge in [0, 0.05) is 5.56 Å². The van der Waals surface area contributed by atoms with Crippen molar-refractivity contribution in [3.63, 3.8) is 0 Å². The van der Waals surface area contributed by atoms with Crippen LogP contribution in [0.15, 0.2) is 54.6 Å². The summed E-state index contributed by atoms with van der Waals surface area (Å²) in [5.74, 6) is 2.59. The first-order valence-corrected chi connectivity index (χ1v) is 12.1. The zero-order valence-electron chi connectivity index (χ0n) is 22.1. The number of methoxy groups -OCH3 is 3. The molecule has 8 nitrogen and oxygen atoms in total. The van der Waals surface area contributed by atoms with Gasteiger partial charge >= 0.3 is 0 Å². The number of aryl methyl sites for hydroxylation is 1. The lowest BCUT2D eigenvalue weighted by Gasteiger charge is -2.18. The maximum Gasteiger partial charge on any atom is 0.252 e. The van der Waals surface area contributed by atoms with Crippen LogP contribution >= 0.6 is 0 Å². The van der Waals surface area contributed by atoms with E-state index in [1.165, 1.54) is 26.9 Å². The molecule has 1 N–H and O–H groups in total. The highest BCUT2D eigenvalue weighted by Gasteiger charge is 2.22. The number of aromatic nitrogens is 2. The fraction of sp³-hybridized carbons (Fsp3) is 0.310. The molecule has 1 aromatic heterocycles. The summed E-state index contributed by atoms with van der Waals surface area (Å²) in [6.07, 6.45) is 0.